The number of carbonyl (C=O) groups excluding carboxylic acids is 1. The first-order valence-electron chi connectivity index (χ1n) is 9.67. The van der Waals surface area contributed by atoms with Crippen molar-refractivity contribution in [1.82, 2.24) is 20.2 Å². The quantitative estimate of drug-likeness (QED) is 0.728. The molecule has 0 saturated heterocycles. The normalized spacial score (nSPS) is 22.8. The number of allylic oxidation sites excluding steroid dienone is 5. The number of nitrogens with zero attached hydrogens (tertiary/aromatic N) is 4. The van der Waals surface area contributed by atoms with Crippen molar-refractivity contribution in [1.29, 1.82) is 0 Å². The molecule has 1 aromatic carbocycles. The van der Waals surface area contributed by atoms with Gasteiger partial charge in [0.2, 0.25) is 5.16 Å². The van der Waals surface area contributed by atoms with Gasteiger partial charge in [-0.05, 0) is 72.0 Å². The molecule has 0 N–H and O–H groups in total. The number of thioether (sulfide) groups is 1. The monoisotopic (exact) mass is 390 g/mol. The molecule has 1 fully saturated rings. The number of fused-ring (bicyclic) bond motifs is 1. The van der Waals surface area contributed by atoms with Crippen molar-refractivity contribution < 1.29 is 4.79 Å². The lowest BCUT2D eigenvalue weighted by Gasteiger charge is -2.32. The molecule has 1 atom stereocenters. The van der Waals surface area contributed by atoms with Crippen molar-refractivity contribution in [3.8, 4) is 5.69 Å². The summed E-state index contributed by atoms with van der Waals surface area (Å²) in [5, 5.41) is 13.0. The lowest BCUT2D eigenvalue weighted by Crippen LogP contribution is -2.31. The highest BCUT2D eigenvalue weighted by Crippen LogP contribution is 2.63. The predicted molar refractivity (Wildman–Crippen MR) is 109 cm³/mol. The van der Waals surface area contributed by atoms with Crippen LogP contribution in [0.5, 0.6) is 0 Å². The van der Waals surface area contributed by atoms with E-state index in [-0.39, 0.29) is 11.3 Å². The van der Waals surface area contributed by atoms with Gasteiger partial charge in [0.25, 0.3) is 0 Å². The summed E-state index contributed by atoms with van der Waals surface area (Å²) in [6.07, 6.45) is 4.35. The molecular weight excluding hydrogens is 368 g/mol. The van der Waals surface area contributed by atoms with Crippen LogP contribution >= 0.6 is 11.8 Å². The van der Waals surface area contributed by atoms with E-state index in [0.717, 1.165) is 35.0 Å². The van der Waals surface area contributed by atoms with Crippen LogP contribution in [0.2, 0.25) is 0 Å². The summed E-state index contributed by atoms with van der Waals surface area (Å²) in [6.45, 7) is 6.45. The molecule has 2 aromatic rings. The molecule has 6 heteroatoms. The number of para-hydroxylation sites is 1. The Morgan fingerprint density at radius 1 is 1.21 bits per heavy atom. The van der Waals surface area contributed by atoms with E-state index in [1.807, 2.05) is 30.3 Å². The van der Waals surface area contributed by atoms with E-state index in [1.54, 1.807) is 16.4 Å². The van der Waals surface area contributed by atoms with Crippen LogP contribution in [0, 0.1) is 11.3 Å². The minimum atomic E-state index is 0.104. The number of benzene rings is 1. The Labute approximate surface area is 168 Å². The summed E-state index contributed by atoms with van der Waals surface area (Å²) in [5.74, 6) is 1.17. The summed E-state index contributed by atoms with van der Waals surface area (Å²) in [7, 11) is 0. The number of hydrogen-bond donors (Lipinski definition) is 0. The van der Waals surface area contributed by atoms with Crippen LogP contribution in [0.4, 0.5) is 0 Å². The first-order valence-corrected chi connectivity index (χ1v) is 10.7. The molecule has 1 saturated carbocycles. The van der Waals surface area contributed by atoms with Gasteiger partial charge >= 0.3 is 0 Å². The number of tetrazole rings is 1. The van der Waals surface area contributed by atoms with E-state index in [2.05, 4.69) is 42.4 Å². The van der Waals surface area contributed by atoms with Gasteiger partial charge in [0.05, 0.1) is 5.69 Å². The first kappa shape index (κ1) is 17.6. The van der Waals surface area contributed by atoms with Crippen LogP contribution in [0.15, 0.2) is 69.4 Å². The smallest absolute Gasteiger partial charge is 0.214 e. The zero-order valence-electron chi connectivity index (χ0n) is 16.3. The fraction of sp³-hybridized carbons (Fsp3) is 0.364. The molecule has 3 aliphatic rings. The predicted octanol–water partition coefficient (Wildman–Crippen LogP) is 4.33. The van der Waals surface area contributed by atoms with Gasteiger partial charge in [-0.25, -0.2) is 0 Å². The Morgan fingerprint density at radius 2 is 1.96 bits per heavy atom. The second-order valence-electron chi connectivity index (χ2n) is 7.96. The molecule has 0 unspecified atom stereocenters. The van der Waals surface area contributed by atoms with Crippen LogP contribution in [0.3, 0.4) is 0 Å². The van der Waals surface area contributed by atoms with Crippen LogP contribution < -0.4 is 0 Å². The second-order valence-corrected chi connectivity index (χ2v) is 8.90. The summed E-state index contributed by atoms with van der Waals surface area (Å²) in [5.41, 5.74) is 7.01. The van der Waals surface area contributed by atoms with Gasteiger partial charge in [-0.2, -0.15) is 4.68 Å². The molecule has 142 valence electrons. The summed E-state index contributed by atoms with van der Waals surface area (Å²) in [4.78, 5) is 13.0. The molecule has 0 amide bonds. The zero-order chi connectivity index (χ0) is 19.5. The van der Waals surface area contributed by atoms with Crippen LogP contribution in [0.25, 0.3) is 5.69 Å². The molecule has 3 aliphatic carbocycles. The molecule has 1 aromatic heterocycles. The van der Waals surface area contributed by atoms with Gasteiger partial charge < -0.3 is 0 Å². The van der Waals surface area contributed by atoms with Gasteiger partial charge in [0.15, 0.2) is 5.78 Å². The molecule has 0 radical (unpaired) electrons. The number of ketones is 1. The third-order valence-electron chi connectivity index (χ3n) is 6.59. The average molecular weight is 391 g/mol. The van der Waals surface area contributed by atoms with Crippen molar-refractivity contribution in [2.45, 2.75) is 38.8 Å². The number of rotatable bonds is 4. The largest absolute Gasteiger partial charge is 0.294 e. The van der Waals surface area contributed by atoms with E-state index in [0.29, 0.717) is 5.78 Å². The summed E-state index contributed by atoms with van der Waals surface area (Å²) < 4.78 is 1.77. The van der Waals surface area contributed by atoms with Crippen LogP contribution in [0.1, 0.15) is 33.6 Å². The topological polar surface area (TPSA) is 60.7 Å². The van der Waals surface area contributed by atoms with Gasteiger partial charge in [-0.1, -0.05) is 42.5 Å². The number of aromatic nitrogens is 4. The van der Waals surface area contributed by atoms with Gasteiger partial charge in [-0.3, -0.25) is 4.79 Å². The lowest BCUT2D eigenvalue weighted by atomic mass is 9.70. The van der Waals surface area contributed by atoms with E-state index in [9.17, 15) is 4.79 Å². The van der Waals surface area contributed by atoms with Crippen LogP contribution in [-0.4, -0.2) is 31.7 Å². The lowest BCUT2D eigenvalue weighted by molar-refractivity contribution is -0.120. The van der Waals surface area contributed by atoms with Crippen molar-refractivity contribution in [2.75, 3.05) is 5.75 Å². The maximum absolute atomic E-state index is 13.0. The molecule has 28 heavy (non-hydrogen) atoms. The first-order chi connectivity index (χ1) is 13.5. The Morgan fingerprint density at radius 3 is 2.68 bits per heavy atom. The fourth-order valence-electron chi connectivity index (χ4n) is 4.68. The van der Waals surface area contributed by atoms with E-state index >= 15 is 0 Å². The van der Waals surface area contributed by atoms with Crippen LogP contribution in [-0.2, 0) is 4.79 Å². The molecule has 0 aliphatic heterocycles. The number of hydrogen-bond acceptors (Lipinski definition) is 5. The highest BCUT2D eigenvalue weighted by Gasteiger charge is 2.56. The Balaban J connectivity index is 1.45. The molecule has 0 bridgehead atoms. The Kier molecular flexibility index (Phi) is 3.95. The van der Waals surface area contributed by atoms with E-state index in [4.69, 9.17) is 0 Å². The summed E-state index contributed by atoms with van der Waals surface area (Å²) in [6, 6.07) is 9.91. The maximum Gasteiger partial charge on any atom is 0.214 e. The number of Topliss-reactive ketones (excluding diaryl/α,β-unsaturated/α-hetero) is 1. The van der Waals surface area contributed by atoms with Crippen molar-refractivity contribution in [3.05, 3.63) is 64.3 Å². The maximum atomic E-state index is 13.0. The average Bonchev–Trinajstić information content (AvgIpc) is 3.26. The molecule has 5 rings (SSSR count). The minimum Gasteiger partial charge on any atom is -0.294 e. The fourth-order valence-corrected chi connectivity index (χ4v) is 5.69. The van der Waals surface area contributed by atoms with Gasteiger partial charge in [0.1, 0.15) is 0 Å². The minimum absolute atomic E-state index is 0.104. The third kappa shape index (κ3) is 2.47. The highest BCUT2D eigenvalue weighted by molar-refractivity contribution is 7.99. The van der Waals surface area contributed by atoms with E-state index < -0.39 is 0 Å². The Bertz CT molecular complexity index is 1070. The highest BCUT2D eigenvalue weighted by atomic mass is 32.2. The second kappa shape index (κ2) is 6.27. The Hall–Kier alpha value is -2.47. The molecule has 1 spiro atoms. The van der Waals surface area contributed by atoms with Crippen molar-refractivity contribution in [3.63, 3.8) is 0 Å². The summed E-state index contributed by atoms with van der Waals surface area (Å²) >= 11 is 1.62. The van der Waals surface area contributed by atoms with Gasteiger partial charge in [0, 0.05) is 22.7 Å². The SMILES string of the molecule is CC1=C(CSc2nnnn2-c2ccccc2)C2=C(C)C3(CC3)[C@H](C)C(=O)C2=C1. The van der Waals surface area contributed by atoms with E-state index in [1.165, 1.54) is 22.3 Å². The van der Waals surface area contributed by atoms with Gasteiger partial charge in [-0.15, -0.1) is 5.10 Å². The molecular formula is C22H22N4OS. The van der Waals surface area contributed by atoms with Crippen molar-refractivity contribution >= 4 is 17.5 Å². The molecule has 5 nitrogen and oxygen atoms in total. The standard InChI is InChI=1S/C22H22N4OS/c1-13-11-17-19(14(2)22(9-10-22)15(3)20(17)27)18(13)12-28-21-23-24-25-26(21)16-7-5-4-6-8-16/h4-8,11,15H,9-10,12H2,1-3H3/t15-/m1/s1. The molecule has 1 heterocycles. The number of carbonyl (C=O) groups is 1. The zero-order valence-corrected chi connectivity index (χ0v) is 17.1. The van der Waals surface area contributed by atoms with Crippen molar-refractivity contribution in [2.24, 2.45) is 11.3 Å². The third-order valence-corrected chi connectivity index (χ3v) is 7.54.